The van der Waals surface area contributed by atoms with Crippen LogP contribution in [0.3, 0.4) is 0 Å². The number of rotatable bonds is 6. The van der Waals surface area contributed by atoms with Crippen LogP contribution < -0.4 is 10.6 Å². The molecule has 1 rings (SSSR count). The fraction of sp³-hybridized carbons (Fsp3) is 0.588. The van der Waals surface area contributed by atoms with Gasteiger partial charge in [-0.05, 0) is 51.8 Å². The molecule has 0 radical (unpaired) electrons. The summed E-state index contributed by atoms with van der Waals surface area (Å²) in [5, 5.41) is 7.34. The van der Waals surface area contributed by atoms with Crippen LogP contribution in [0.25, 0.3) is 0 Å². The lowest BCUT2D eigenvalue weighted by Crippen LogP contribution is -2.42. The molecular weight excluding hydrogens is 335 g/mol. The van der Waals surface area contributed by atoms with Crippen molar-refractivity contribution in [2.24, 2.45) is 0 Å². The average molecular weight is 361 g/mol. The van der Waals surface area contributed by atoms with Gasteiger partial charge >= 0.3 is 6.09 Å². The molecule has 0 spiro atoms. The van der Waals surface area contributed by atoms with Gasteiger partial charge in [-0.2, -0.15) is 0 Å². The Labute approximate surface area is 148 Å². The number of benzene rings is 1. The maximum atomic E-state index is 11.7. The number of hydrogen-bond acceptors (Lipinski definition) is 3. The zero-order chi connectivity index (χ0) is 17.6. The van der Waals surface area contributed by atoms with Crippen LogP contribution in [0, 0.1) is 0 Å². The van der Waals surface area contributed by atoms with E-state index in [1.165, 1.54) is 0 Å². The lowest BCUT2D eigenvalue weighted by atomic mass is 10.0. The molecule has 0 saturated carbocycles. The van der Waals surface area contributed by atoms with Crippen LogP contribution in [0.5, 0.6) is 0 Å². The second kappa shape index (κ2) is 8.76. The third kappa shape index (κ3) is 7.42. The van der Waals surface area contributed by atoms with Crippen molar-refractivity contribution < 1.29 is 9.53 Å². The van der Waals surface area contributed by atoms with Crippen molar-refractivity contribution in [3.05, 3.63) is 33.8 Å². The van der Waals surface area contributed by atoms with Crippen molar-refractivity contribution in [3.63, 3.8) is 0 Å². The van der Waals surface area contributed by atoms with Gasteiger partial charge in [-0.3, -0.25) is 0 Å². The van der Waals surface area contributed by atoms with Crippen molar-refractivity contribution in [2.75, 3.05) is 6.54 Å². The zero-order valence-corrected chi connectivity index (χ0v) is 15.9. The average Bonchev–Trinajstić information content (AvgIpc) is 2.44. The Balaban J connectivity index is 2.55. The first kappa shape index (κ1) is 20.1. The summed E-state index contributed by atoms with van der Waals surface area (Å²) in [7, 11) is 0. The first-order chi connectivity index (χ1) is 10.6. The minimum atomic E-state index is -0.493. The summed E-state index contributed by atoms with van der Waals surface area (Å²) < 4.78 is 5.22. The summed E-state index contributed by atoms with van der Waals surface area (Å²) in [6.45, 7) is 10.1. The van der Waals surface area contributed by atoms with E-state index in [1.54, 1.807) is 6.07 Å². The predicted octanol–water partition coefficient (Wildman–Crippen LogP) is 4.95. The first-order valence-electron chi connectivity index (χ1n) is 7.80. The number of carbonyl (C=O) groups excluding carboxylic acids is 1. The van der Waals surface area contributed by atoms with Crippen LogP contribution in [-0.2, 0) is 4.74 Å². The molecule has 1 aromatic rings. The second-order valence-corrected chi connectivity index (χ2v) is 7.40. The highest BCUT2D eigenvalue weighted by Gasteiger charge is 2.18. The molecule has 0 aliphatic heterocycles. The summed E-state index contributed by atoms with van der Waals surface area (Å²) in [6, 6.07) is 5.86. The Bertz CT molecular complexity index is 530. The van der Waals surface area contributed by atoms with Crippen LogP contribution >= 0.6 is 23.2 Å². The van der Waals surface area contributed by atoms with E-state index >= 15 is 0 Å². The fourth-order valence-corrected chi connectivity index (χ4v) is 2.44. The number of alkyl carbamates (subject to hydrolysis) is 1. The summed E-state index contributed by atoms with van der Waals surface area (Å²) in [4.78, 5) is 11.7. The monoisotopic (exact) mass is 360 g/mol. The number of nitrogens with one attached hydrogen (secondary N) is 2. The van der Waals surface area contributed by atoms with Crippen molar-refractivity contribution in [1.82, 2.24) is 10.6 Å². The summed E-state index contributed by atoms with van der Waals surface area (Å²) >= 11 is 12.0. The second-order valence-electron chi connectivity index (χ2n) is 6.58. The quantitative estimate of drug-likeness (QED) is 0.754. The highest BCUT2D eigenvalue weighted by molar-refractivity contribution is 6.42. The molecule has 2 unspecified atom stereocenters. The number of amides is 1. The fourth-order valence-electron chi connectivity index (χ4n) is 2.13. The van der Waals surface area contributed by atoms with Gasteiger partial charge < -0.3 is 15.4 Å². The minimum Gasteiger partial charge on any atom is -0.444 e. The van der Waals surface area contributed by atoms with Crippen molar-refractivity contribution >= 4 is 29.3 Å². The van der Waals surface area contributed by atoms with E-state index in [9.17, 15) is 4.79 Å². The maximum absolute atomic E-state index is 11.7. The van der Waals surface area contributed by atoms with Crippen molar-refractivity contribution in [3.8, 4) is 0 Å². The molecule has 0 heterocycles. The minimum absolute atomic E-state index is 0.0851. The SMILES string of the molecule is CCC(NC(C)CNC(=O)OC(C)(C)C)c1ccc(Cl)c(Cl)c1. The topological polar surface area (TPSA) is 50.4 Å². The van der Waals surface area contributed by atoms with E-state index < -0.39 is 11.7 Å². The van der Waals surface area contributed by atoms with E-state index in [-0.39, 0.29) is 12.1 Å². The van der Waals surface area contributed by atoms with Gasteiger partial charge in [0.25, 0.3) is 0 Å². The van der Waals surface area contributed by atoms with Gasteiger partial charge in [-0.15, -0.1) is 0 Å². The van der Waals surface area contributed by atoms with Crippen LogP contribution in [-0.4, -0.2) is 24.3 Å². The molecule has 0 aliphatic carbocycles. The molecule has 4 nitrogen and oxygen atoms in total. The van der Waals surface area contributed by atoms with E-state index in [1.807, 2.05) is 39.8 Å². The molecule has 0 bridgehead atoms. The van der Waals surface area contributed by atoms with Crippen molar-refractivity contribution in [2.45, 2.75) is 58.7 Å². The van der Waals surface area contributed by atoms with E-state index in [4.69, 9.17) is 27.9 Å². The highest BCUT2D eigenvalue weighted by Crippen LogP contribution is 2.27. The molecule has 23 heavy (non-hydrogen) atoms. The Hall–Kier alpha value is -0.970. The Kier molecular flexibility index (Phi) is 7.65. The molecule has 6 heteroatoms. The van der Waals surface area contributed by atoms with Gasteiger partial charge in [-0.25, -0.2) is 4.79 Å². The van der Waals surface area contributed by atoms with E-state index in [2.05, 4.69) is 17.6 Å². The van der Waals surface area contributed by atoms with Crippen LogP contribution in [0.15, 0.2) is 18.2 Å². The summed E-state index contributed by atoms with van der Waals surface area (Å²) in [6.07, 6.45) is 0.489. The molecule has 0 saturated heterocycles. The molecule has 1 aromatic carbocycles. The lowest BCUT2D eigenvalue weighted by molar-refractivity contribution is 0.0522. The highest BCUT2D eigenvalue weighted by atomic mass is 35.5. The molecule has 130 valence electrons. The summed E-state index contributed by atoms with van der Waals surface area (Å²) in [5.41, 5.74) is 0.582. The Morgan fingerprint density at radius 2 is 1.91 bits per heavy atom. The number of hydrogen-bond donors (Lipinski definition) is 2. The standard InChI is InChI=1S/C17H26Cl2N2O2/c1-6-15(12-7-8-13(18)14(19)9-12)21-11(2)10-20-16(22)23-17(3,4)5/h7-9,11,15,21H,6,10H2,1-5H3,(H,20,22). The first-order valence-corrected chi connectivity index (χ1v) is 8.55. The van der Waals surface area contributed by atoms with Crippen LogP contribution in [0.4, 0.5) is 4.79 Å². The third-order valence-electron chi connectivity index (χ3n) is 3.19. The van der Waals surface area contributed by atoms with Gasteiger partial charge in [0.1, 0.15) is 5.60 Å². The molecule has 1 amide bonds. The molecule has 2 N–H and O–H groups in total. The van der Waals surface area contributed by atoms with Crippen LogP contribution in [0.1, 0.15) is 52.6 Å². The van der Waals surface area contributed by atoms with Crippen molar-refractivity contribution in [1.29, 1.82) is 0 Å². The van der Waals surface area contributed by atoms with E-state index in [0.717, 1.165) is 12.0 Å². The molecular formula is C17H26Cl2N2O2. The lowest BCUT2D eigenvalue weighted by Gasteiger charge is -2.24. The van der Waals surface area contributed by atoms with Gasteiger partial charge in [0.2, 0.25) is 0 Å². The molecule has 0 fully saturated rings. The number of carbonyl (C=O) groups is 1. The molecule has 0 aromatic heterocycles. The maximum Gasteiger partial charge on any atom is 0.407 e. The van der Waals surface area contributed by atoms with E-state index in [0.29, 0.717) is 16.6 Å². The zero-order valence-electron chi connectivity index (χ0n) is 14.4. The normalized spacial score (nSPS) is 14.2. The number of ether oxygens (including phenoxy) is 1. The van der Waals surface area contributed by atoms with Gasteiger partial charge in [0, 0.05) is 18.6 Å². The van der Waals surface area contributed by atoms with Crippen LogP contribution in [0.2, 0.25) is 10.0 Å². The number of halogens is 2. The van der Waals surface area contributed by atoms with Gasteiger partial charge in [0.15, 0.2) is 0 Å². The van der Waals surface area contributed by atoms with Gasteiger partial charge in [-0.1, -0.05) is 36.2 Å². The molecule has 0 aliphatic rings. The summed E-state index contributed by atoms with van der Waals surface area (Å²) in [5.74, 6) is 0. The smallest absolute Gasteiger partial charge is 0.407 e. The van der Waals surface area contributed by atoms with Gasteiger partial charge in [0.05, 0.1) is 10.0 Å². The Morgan fingerprint density at radius 1 is 1.26 bits per heavy atom. The third-order valence-corrected chi connectivity index (χ3v) is 3.93. The largest absolute Gasteiger partial charge is 0.444 e. The predicted molar refractivity (Wildman–Crippen MR) is 96.3 cm³/mol. The molecule has 2 atom stereocenters. The Morgan fingerprint density at radius 3 is 2.43 bits per heavy atom.